The summed E-state index contributed by atoms with van der Waals surface area (Å²) in [5, 5.41) is 20.1. The Morgan fingerprint density at radius 1 is 1.42 bits per heavy atom. The lowest BCUT2D eigenvalue weighted by molar-refractivity contribution is -0.0273. The summed E-state index contributed by atoms with van der Waals surface area (Å²) in [7, 11) is 0. The summed E-state index contributed by atoms with van der Waals surface area (Å²) >= 11 is 0. The molecule has 1 saturated carbocycles. The SMILES string of the molecule is O=C(NC[C@@H]1CCCO[C@H]1c1cn[nH]c1)N1CC[C@@H]2CC[C@@H](O)[C@@H]21. The molecule has 24 heavy (non-hydrogen) atoms. The topological polar surface area (TPSA) is 90.5 Å². The van der Waals surface area contributed by atoms with Crippen LogP contribution in [0.15, 0.2) is 12.4 Å². The minimum Gasteiger partial charge on any atom is -0.391 e. The van der Waals surface area contributed by atoms with Crippen molar-refractivity contribution in [3.8, 4) is 0 Å². The van der Waals surface area contributed by atoms with E-state index in [9.17, 15) is 9.90 Å². The lowest BCUT2D eigenvalue weighted by Gasteiger charge is -2.33. The summed E-state index contributed by atoms with van der Waals surface area (Å²) in [6.45, 7) is 2.10. The predicted molar refractivity (Wildman–Crippen MR) is 87.2 cm³/mol. The third-order valence-electron chi connectivity index (χ3n) is 5.88. The second-order valence-corrected chi connectivity index (χ2v) is 7.29. The number of amides is 2. The largest absolute Gasteiger partial charge is 0.391 e. The maximum atomic E-state index is 12.6. The average Bonchev–Trinajstić information content (AvgIpc) is 3.32. The molecule has 2 amide bonds. The molecule has 3 N–H and O–H groups in total. The fourth-order valence-corrected chi connectivity index (χ4v) is 4.67. The molecule has 1 aromatic heterocycles. The van der Waals surface area contributed by atoms with Crippen LogP contribution in [0.2, 0.25) is 0 Å². The number of aromatic amines is 1. The van der Waals surface area contributed by atoms with Gasteiger partial charge in [0.15, 0.2) is 0 Å². The van der Waals surface area contributed by atoms with Gasteiger partial charge in [-0.25, -0.2) is 4.79 Å². The van der Waals surface area contributed by atoms with Crippen molar-refractivity contribution >= 4 is 6.03 Å². The number of aromatic nitrogens is 2. The summed E-state index contributed by atoms with van der Waals surface area (Å²) in [4.78, 5) is 14.5. The van der Waals surface area contributed by atoms with E-state index in [1.54, 1.807) is 6.20 Å². The first-order valence-electron chi connectivity index (χ1n) is 9.07. The number of ether oxygens (including phenoxy) is 1. The molecular formula is C17H26N4O3. The number of H-pyrrole nitrogens is 1. The third kappa shape index (κ3) is 2.91. The standard InChI is InChI=1S/C17H26N4O3/c22-14-4-3-11-5-6-21(15(11)14)17(23)18-8-12-2-1-7-24-16(12)13-9-19-20-10-13/h9-12,14-16,22H,1-8H2,(H,18,23)(H,19,20)/t11-,12-,14+,15+,16+/m0/s1. The van der Waals surface area contributed by atoms with E-state index in [2.05, 4.69) is 15.5 Å². The summed E-state index contributed by atoms with van der Waals surface area (Å²) in [5.41, 5.74) is 1.04. The van der Waals surface area contributed by atoms with Gasteiger partial charge in [-0.1, -0.05) is 0 Å². The average molecular weight is 334 g/mol. The zero-order valence-electron chi connectivity index (χ0n) is 13.9. The van der Waals surface area contributed by atoms with Crippen LogP contribution in [0.4, 0.5) is 4.79 Å². The predicted octanol–water partition coefficient (Wildman–Crippen LogP) is 1.43. The summed E-state index contributed by atoms with van der Waals surface area (Å²) in [6.07, 6.45) is 8.20. The maximum Gasteiger partial charge on any atom is 0.317 e. The number of hydrogen-bond acceptors (Lipinski definition) is 4. The molecule has 0 bridgehead atoms. The summed E-state index contributed by atoms with van der Waals surface area (Å²) in [6, 6.07) is -0.0303. The Balaban J connectivity index is 1.36. The van der Waals surface area contributed by atoms with Gasteiger partial charge >= 0.3 is 6.03 Å². The number of nitrogens with zero attached hydrogens (tertiary/aromatic N) is 2. The van der Waals surface area contributed by atoms with Gasteiger partial charge in [-0.15, -0.1) is 0 Å². The lowest BCUT2D eigenvalue weighted by Crippen LogP contribution is -2.48. The highest BCUT2D eigenvalue weighted by Gasteiger charge is 2.45. The second-order valence-electron chi connectivity index (χ2n) is 7.29. The van der Waals surface area contributed by atoms with Crippen molar-refractivity contribution in [2.24, 2.45) is 11.8 Å². The monoisotopic (exact) mass is 334 g/mol. The first-order chi connectivity index (χ1) is 11.7. The second kappa shape index (κ2) is 6.72. The Labute approximate surface area is 141 Å². The Bertz CT molecular complexity index is 564. The molecule has 0 spiro atoms. The highest BCUT2D eigenvalue weighted by Crippen LogP contribution is 2.38. The number of nitrogens with one attached hydrogen (secondary N) is 2. The molecular weight excluding hydrogens is 308 g/mol. The van der Waals surface area contributed by atoms with Gasteiger partial charge < -0.3 is 20.1 Å². The highest BCUT2D eigenvalue weighted by molar-refractivity contribution is 5.75. The molecule has 2 aliphatic heterocycles. The van der Waals surface area contributed by atoms with Crippen LogP contribution < -0.4 is 5.32 Å². The molecule has 7 nitrogen and oxygen atoms in total. The molecule has 5 atom stereocenters. The Morgan fingerprint density at radius 3 is 3.17 bits per heavy atom. The van der Waals surface area contributed by atoms with Gasteiger partial charge in [0, 0.05) is 37.4 Å². The first kappa shape index (κ1) is 15.9. The molecule has 1 aromatic rings. The Hall–Kier alpha value is -1.60. The number of likely N-dealkylation sites (tertiary alicyclic amines) is 1. The van der Waals surface area contributed by atoms with Gasteiger partial charge in [0.05, 0.1) is 24.4 Å². The molecule has 1 aliphatic carbocycles. The van der Waals surface area contributed by atoms with Crippen LogP contribution in [0.25, 0.3) is 0 Å². The number of hydrogen-bond donors (Lipinski definition) is 3. The van der Waals surface area contributed by atoms with Crippen molar-refractivity contribution in [1.29, 1.82) is 0 Å². The van der Waals surface area contributed by atoms with E-state index in [1.165, 1.54) is 0 Å². The third-order valence-corrected chi connectivity index (χ3v) is 5.88. The van der Waals surface area contributed by atoms with Crippen LogP contribution >= 0.6 is 0 Å². The first-order valence-corrected chi connectivity index (χ1v) is 9.07. The number of carbonyl (C=O) groups excluding carboxylic acids is 1. The van der Waals surface area contributed by atoms with Crippen molar-refractivity contribution in [2.45, 2.75) is 50.4 Å². The number of carbonyl (C=O) groups is 1. The van der Waals surface area contributed by atoms with Crippen molar-refractivity contribution in [1.82, 2.24) is 20.4 Å². The van der Waals surface area contributed by atoms with Crippen LogP contribution in [0.3, 0.4) is 0 Å². The highest BCUT2D eigenvalue weighted by atomic mass is 16.5. The van der Waals surface area contributed by atoms with E-state index < -0.39 is 0 Å². The number of urea groups is 1. The molecule has 132 valence electrons. The molecule has 3 heterocycles. The molecule has 3 fully saturated rings. The molecule has 0 aromatic carbocycles. The van der Waals surface area contributed by atoms with Crippen LogP contribution in [-0.4, -0.2) is 58.1 Å². The molecule has 2 saturated heterocycles. The Kier molecular flexibility index (Phi) is 4.45. The van der Waals surface area contributed by atoms with E-state index in [0.717, 1.165) is 50.8 Å². The summed E-state index contributed by atoms with van der Waals surface area (Å²) < 4.78 is 5.91. The van der Waals surface area contributed by atoms with Gasteiger partial charge in [-0.3, -0.25) is 5.10 Å². The van der Waals surface area contributed by atoms with Crippen molar-refractivity contribution in [3.05, 3.63) is 18.0 Å². The van der Waals surface area contributed by atoms with Crippen LogP contribution in [0.1, 0.15) is 43.8 Å². The maximum absolute atomic E-state index is 12.6. The Morgan fingerprint density at radius 2 is 2.33 bits per heavy atom. The molecule has 0 unspecified atom stereocenters. The zero-order chi connectivity index (χ0) is 16.5. The van der Waals surface area contributed by atoms with Gasteiger partial charge in [0.2, 0.25) is 0 Å². The molecule has 7 heteroatoms. The van der Waals surface area contributed by atoms with E-state index in [1.807, 2.05) is 11.1 Å². The van der Waals surface area contributed by atoms with Crippen molar-refractivity contribution in [3.63, 3.8) is 0 Å². The molecule has 4 rings (SSSR count). The van der Waals surface area contributed by atoms with Gasteiger partial charge in [-0.05, 0) is 38.0 Å². The zero-order valence-corrected chi connectivity index (χ0v) is 13.9. The fraction of sp³-hybridized carbons (Fsp3) is 0.765. The van der Waals surface area contributed by atoms with E-state index >= 15 is 0 Å². The fourth-order valence-electron chi connectivity index (χ4n) is 4.67. The number of aliphatic hydroxyl groups excluding tert-OH is 1. The van der Waals surface area contributed by atoms with Crippen LogP contribution in [0, 0.1) is 11.8 Å². The minimum absolute atomic E-state index is 0.0114. The van der Waals surface area contributed by atoms with Gasteiger partial charge in [0.1, 0.15) is 0 Å². The lowest BCUT2D eigenvalue weighted by atomic mass is 9.91. The van der Waals surface area contributed by atoms with Crippen molar-refractivity contribution < 1.29 is 14.6 Å². The van der Waals surface area contributed by atoms with Crippen LogP contribution in [-0.2, 0) is 4.74 Å². The summed E-state index contributed by atoms with van der Waals surface area (Å²) in [5.74, 6) is 0.731. The smallest absolute Gasteiger partial charge is 0.317 e. The number of fused-ring (bicyclic) bond motifs is 1. The quantitative estimate of drug-likeness (QED) is 0.780. The van der Waals surface area contributed by atoms with E-state index in [-0.39, 0.29) is 30.2 Å². The minimum atomic E-state index is -0.361. The van der Waals surface area contributed by atoms with Gasteiger partial charge in [-0.2, -0.15) is 5.10 Å². The van der Waals surface area contributed by atoms with Crippen LogP contribution in [0.5, 0.6) is 0 Å². The van der Waals surface area contributed by atoms with Gasteiger partial charge in [0.25, 0.3) is 0 Å². The van der Waals surface area contributed by atoms with E-state index in [4.69, 9.17) is 4.74 Å². The normalized spacial score (nSPS) is 35.9. The number of rotatable bonds is 3. The molecule has 0 radical (unpaired) electrons. The van der Waals surface area contributed by atoms with Crippen molar-refractivity contribution in [2.75, 3.05) is 19.7 Å². The van der Waals surface area contributed by atoms with E-state index in [0.29, 0.717) is 12.5 Å². The number of aliphatic hydroxyl groups is 1. The molecule has 3 aliphatic rings.